The molecule has 1 aromatic rings. The number of hydrogen-bond donors (Lipinski definition) is 1. The number of benzene rings is 1. The Morgan fingerprint density at radius 1 is 1.27 bits per heavy atom. The molecule has 158 valence electrons. The molecule has 3 atom stereocenters. The molecule has 3 aliphatic rings. The van der Waals surface area contributed by atoms with Gasteiger partial charge in [0.25, 0.3) is 0 Å². The molecule has 2 aliphatic carbocycles. The van der Waals surface area contributed by atoms with E-state index < -0.39 is 5.38 Å². The Morgan fingerprint density at radius 3 is 2.83 bits per heavy atom. The molecule has 3 unspecified atom stereocenters. The van der Waals surface area contributed by atoms with Gasteiger partial charge in [-0.3, -0.25) is 4.79 Å². The number of rotatable bonds is 6. The summed E-state index contributed by atoms with van der Waals surface area (Å²) in [5.74, 6) is 0.757. The van der Waals surface area contributed by atoms with E-state index in [4.69, 9.17) is 32.7 Å². The second-order valence-electron chi connectivity index (χ2n) is 7.67. The largest absolute Gasteiger partial charge is 0.489 e. The van der Waals surface area contributed by atoms with Crippen molar-refractivity contribution in [1.82, 2.24) is 0 Å². The average Bonchev–Trinajstić information content (AvgIpc) is 2.74. The number of ketones is 1. The van der Waals surface area contributed by atoms with Crippen LogP contribution in [0.5, 0.6) is 0 Å². The van der Waals surface area contributed by atoms with Crippen molar-refractivity contribution in [2.75, 3.05) is 6.61 Å². The minimum absolute atomic E-state index is 0.00701. The average molecular weight is 447 g/mol. The zero-order chi connectivity index (χ0) is 21.3. The van der Waals surface area contributed by atoms with Gasteiger partial charge in [-0.25, -0.2) is 0 Å². The molecule has 1 saturated carbocycles. The van der Waals surface area contributed by atoms with Crippen LogP contribution < -0.4 is 0 Å². The Balaban J connectivity index is 1.80. The lowest BCUT2D eigenvalue weighted by Gasteiger charge is -2.39. The Hall–Kier alpha value is -1.85. The van der Waals surface area contributed by atoms with Gasteiger partial charge in [-0.15, -0.1) is 18.2 Å². The van der Waals surface area contributed by atoms with Crippen LogP contribution in [0.4, 0.5) is 0 Å². The minimum atomic E-state index is -0.573. The van der Waals surface area contributed by atoms with Gasteiger partial charge in [-0.1, -0.05) is 41.9 Å². The van der Waals surface area contributed by atoms with Crippen molar-refractivity contribution < 1.29 is 19.4 Å². The van der Waals surface area contributed by atoms with Crippen molar-refractivity contribution in [3.63, 3.8) is 0 Å². The van der Waals surface area contributed by atoms with Crippen molar-refractivity contribution in [3.8, 4) is 0 Å². The lowest BCUT2D eigenvalue weighted by Crippen LogP contribution is -2.36. The maximum Gasteiger partial charge on any atom is 0.155 e. The van der Waals surface area contributed by atoms with E-state index in [-0.39, 0.29) is 31.0 Å². The molecule has 0 saturated heterocycles. The molecule has 1 aromatic carbocycles. The van der Waals surface area contributed by atoms with Crippen LogP contribution in [0.25, 0.3) is 5.57 Å². The van der Waals surface area contributed by atoms with E-state index >= 15 is 0 Å². The summed E-state index contributed by atoms with van der Waals surface area (Å²) < 4.78 is 12.2. The predicted octanol–water partition coefficient (Wildman–Crippen LogP) is 5.04. The van der Waals surface area contributed by atoms with Crippen LogP contribution in [-0.2, 0) is 20.9 Å². The van der Waals surface area contributed by atoms with Gasteiger partial charge in [0.05, 0.1) is 18.6 Å². The van der Waals surface area contributed by atoms with Crippen molar-refractivity contribution in [2.45, 2.75) is 49.9 Å². The van der Waals surface area contributed by atoms with E-state index in [1.165, 1.54) is 0 Å². The molecule has 0 amide bonds. The predicted molar refractivity (Wildman–Crippen MR) is 118 cm³/mol. The number of hydrogen-bond acceptors (Lipinski definition) is 4. The number of carbonyl (C=O) groups is 1. The standard InChI is InChI=1S/C24H24Cl2O4/c1-2-3-8-29-23-12-22-17(10-19(23)26)24(15-7-5-4-6-14(15)13-27)16-9-18(25)20(28)11-21(16)30-22/h2,4-7,10,18,21,23,27H,1,3,8-9,11-13H2. The summed E-state index contributed by atoms with van der Waals surface area (Å²) in [5, 5.41) is 9.96. The quantitative estimate of drug-likeness (QED) is 0.377. The zero-order valence-corrected chi connectivity index (χ0v) is 18.1. The molecule has 1 heterocycles. The molecule has 6 heteroatoms. The molecule has 0 spiro atoms. The molecule has 0 aromatic heterocycles. The SMILES string of the molecule is C=CCCOC1CC2=C(C=C1Cl)C(c1ccccc1CO)=C1CC(Cl)C(=O)CC1O2. The van der Waals surface area contributed by atoms with Crippen LogP contribution in [0.2, 0.25) is 0 Å². The van der Waals surface area contributed by atoms with Crippen LogP contribution in [0, 0.1) is 0 Å². The van der Waals surface area contributed by atoms with Crippen LogP contribution >= 0.6 is 23.2 Å². The van der Waals surface area contributed by atoms with Crippen LogP contribution in [0.3, 0.4) is 0 Å². The fourth-order valence-corrected chi connectivity index (χ4v) is 4.76. The van der Waals surface area contributed by atoms with E-state index in [0.29, 0.717) is 24.5 Å². The highest BCUT2D eigenvalue weighted by Crippen LogP contribution is 2.47. The second kappa shape index (κ2) is 9.11. The maximum absolute atomic E-state index is 12.3. The number of fused-ring (bicyclic) bond motifs is 1. The Morgan fingerprint density at radius 2 is 2.07 bits per heavy atom. The van der Waals surface area contributed by atoms with Crippen molar-refractivity contribution in [3.05, 3.63) is 76.1 Å². The van der Waals surface area contributed by atoms with Crippen molar-refractivity contribution >= 4 is 34.6 Å². The third-order valence-corrected chi connectivity index (χ3v) is 6.51. The van der Waals surface area contributed by atoms with E-state index in [2.05, 4.69) is 6.58 Å². The van der Waals surface area contributed by atoms with Gasteiger partial charge in [-0.2, -0.15) is 0 Å². The first-order chi connectivity index (χ1) is 14.5. The third kappa shape index (κ3) is 4.02. The topological polar surface area (TPSA) is 55.8 Å². The zero-order valence-electron chi connectivity index (χ0n) is 16.6. The number of carbonyl (C=O) groups excluding carboxylic acids is 1. The molecular formula is C24H24Cl2O4. The molecule has 30 heavy (non-hydrogen) atoms. The fraction of sp³-hybridized carbons (Fsp3) is 0.375. The molecule has 1 N–H and O–H groups in total. The molecule has 1 fully saturated rings. The molecule has 1 aliphatic heterocycles. The Kier molecular flexibility index (Phi) is 6.49. The summed E-state index contributed by atoms with van der Waals surface area (Å²) in [7, 11) is 0. The summed E-state index contributed by atoms with van der Waals surface area (Å²) in [4.78, 5) is 12.3. The van der Waals surface area contributed by atoms with Gasteiger partial charge >= 0.3 is 0 Å². The van der Waals surface area contributed by atoms with Gasteiger partial charge in [-0.05, 0) is 41.2 Å². The van der Waals surface area contributed by atoms with Crippen LogP contribution in [0.1, 0.15) is 36.8 Å². The summed E-state index contributed by atoms with van der Waals surface area (Å²) in [6, 6.07) is 7.71. The highest BCUT2D eigenvalue weighted by Gasteiger charge is 2.41. The smallest absolute Gasteiger partial charge is 0.155 e. The highest BCUT2D eigenvalue weighted by molar-refractivity contribution is 6.32. The third-order valence-electron chi connectivity index (χ3n) is 5.76. The first-order valence-corrected chi connectivity index (χ1v) is 10.9. The summed E-state index contributed by atoms with van der Waals surface area (Å²) in [5.41, 5.74) is 4.56. The second-order valence-corrected chi connectivity index (χ2v) is 8.63. The van der Waals surface area contributed by atoms with Crippen molar-refractivity contribution in [2.24, 2.45) is 0 Å². The van der Waals surface area contributed by atoms with E-state index in [0.717, 1.165) is 40.0 Å². The van der Waals surface area contributed by atoms with Gasteiger partial charge in [0.2, 0.25) is 0 Å². The van der Waals surface area contributed by atoms with E-state index in [1.54, 1.807) is 6.08 Å². The number of Topliss-reactive ketones (excluding diaryl/α,β-unsaturated/α-hetero) is 1. The molecular weight excluding hydrogens is 423 g/mol. The fourth-order valence-electron chi connectivity index (χ4n) is 4.26. The minimum Gasteiger partial charge on any atom is -0.489 e. The van der Waals surface area contributed by atoms with Gasteiger partial charge < -0.3 is 14.6 Å². The molecule has 0 radical (unpaired) electrons. The number of halogens is 2. The lowest BCUT2D eigenvalue weighted by molar-refractivity contribution is -0.121. The van der Waals surface area contributed by atoms with Gasteiger partial charge in [0.1, 0.15) is 18.0 Å². The van der Waals surface area contributed by atoms with Crippen LogP contribution in [0.15, 0.2) is 64.9 Å². The van der Waals surface area contributed by atoms with Crippen LogP contribution in [-0.4, -0.2) is 35.1 Å². The molecule has 4 rings (SSSR count). The first-order valence-electron chi connectivity index (χ1n) is 10.1. The summed E-state index contributed by atoms with van der Waals surface area (Å²) in [6.07, 6.45) is 4.94. The monoisotopic (exact) mass is 446 g/mol. The highest BCUT2D eigenvalue weighted by atomic mass is 35.5. The van der Waals surface area contributed by atoms with Gasteiger partial charge in [0.15, 0.2) is 5.78 Å². The number of ether oxygens (including phenoxy) is 2. The van der Waals surface area contributed by atoms with Gasteiger partial charge in [0, 0.05) is 23.4 Å². The number of allylic oxidation sites excluding steroid dienone is 3. The molecule has 4 nitrogen and oxygen atoms in total. The lowest BCUT2D eigenvalue weighted by atomic mass is 9.78. The number of aliphatic hydroxyl groups is 1. The number of aliphatic hydroxyl groups excluding tert-OH is 1. The number of alkyl halides is 1. The van der Waals surface area contributed by atoms with E-state index in [9.17, 15) is 9.90 Å². The normalized spacial score (nSPS) is 26.0. The first kappa shape index (κ1) is 21.4. The van der Waals surface area contributed by atoms with E-state index in [1.807, 2.05) is 30.3 Å². The Bertz CT molecular complexity index is 960. The molecule has 0 bridgehead atoms. The van der Waals surface area contributed by atoms with Crippen molar-refractivity contribution in [1.29, 1.82) is 0 Å². The summed E-state index contributed by atoms with van der Waals surface area (Å²) in [6.45, 7) is 4.15. The Labute approximate surface area is 186 Å². The maximum atomic E-state index is 12.3. The summed E-state index contributed by atoms with van der Waals surface area (Å²) >= 11 is 12.9.